The van der Waals surface area contributed by atoms with Crippen LogP contribution in [0.15, 0.2) is 65.2 Å². The maximum absolute atomic E-state index is 12.2. The van der Waals surface area contributed by atoms with E-state index in [9.17, 15) is 4.79 Å². The SMILES string of the molecule is Cc1ccc(Nc2ccc(NCCNC(=O)c3cc4ccccc4o3)nn2)nc1. The lowest BCUT2D eigenvalue weighted by Gasteiger charge is -2.07. The van der Waals surface area contributed by atoms with Crippen molar-refractivity contribution in [3.05, 3.63) is 72.1 Å². The minimum absolute atomic E-state index is 0.251. The number of furan rings is 1. The fourth-order valence-corrected chi connectivity index (χ4v) is 2.71. The molecule has 29 heavy (non-hydrogen) atoms. The van der Waals surface area contributed by atoms with Gasteiger partial charge in [0.15, 0.2) is 11.6 Å². The maximum atomic E-state index is 12.2. The minimum atomic E-state index is -0.251. The molecule has 4 aromatic rings. The van der Waals surface area contributed by atoms with E-state index < -0.39 is 0 Å². The molecule has 4 rings (SSSR count). The Kier molecular flexibility index (Phi) is 5.33. The largest absolute Gasteiger partial charge is 0.451 e. The van der Waals surface area contributed by atoms with Crippen LogP contribution in [-0.4, -0.2) is 34.2 Å². The average Bonchev–Trinajstić information content (AvgIpc) is 3.18. The van der Waals surface area contributed by atoms with Gasteiger partial charge in [0, 0.05) is 24.7 Å². The van der Waals surface area contributed by atoms with Gasteiger partial charge in [-0.1, -0.05) is 24.3 Å². The smallest absolute Gasteiger partial charge is 0.287 e. The highest BCUT2D eigenvalue weighted by Crippen LogP contribution is 2.18. The van der Waals surface area contributed by atoms with Crippen molar-refractivity contribution in [2.24, 2.45) is 0 Å². The van der Waals surface area contributed by atoms with E-state index in [0.29, 0.717) is 41.9 Å². The lowest BCUT2D eigenvalue weighted by molar-refractivity contribution is 0.0929. The zero-order valence-electron chi connectivity index (χ0n) is 15.8. The van der Waals surface area contributed by atoms with Gasteiger partial charge in [-0.15, -0.1) is 10.2 Å². The van der Waals surface area contributed by atoms with Crippen molar-refractivity contribution in [3.8, 4) is 0 Å². The number of aryl methyl sites for hydroxylation is 1. The van der Waals surface area contributed by atoms with E-state index in [1.807, 2.05) is 55.5 Å². The summed E-state index contributed by atoms with van der Waals surface area (Å²) in [6, 6.07) is 16.7. The van der Waals surface area contributed by atoms with Gasteiger partial charge in [-0.05, 0) is 42.8 Å². The molecular weight excluding hydrogens is 368 g/mol. The molecular formula is C21H20N6O2. The third-order valence-corrected chi connectivity index (χ3v) is 4.20. The summed E-state index contributed by atoms with van der Waals surface area (Å²) in [6.07, 6.45) is 1.78. The second-order valence-electron chi connectivity index (χ2n) is 6.48. The first-order chi connectivity index (χ1) is 14.2. The molecule has 8 nitrogen and oxygen atoms in total. The Labute approximate surface area is 167 Å². The second kappa shape index (κ2) is 8.39. The molecule has 0 aliphatic heterocycles. The van der Waals surface area contributed by atoms with E-state index in [4.69, 9.17) is 4.42 Å². The van der Waals surface area contributed by atoms with Crippen LogP contribution < -0.4 is 16.0 Å². The Morgan fingerprint density at radius 3 is 2.52 bits per heavy atom. The number of anilines is 3. The Hall–Kier alpha value is -3.94. The second-order valence-corrected chi connectivity index (χ2v) is 6.48. The molecule has 8 heteroatoms. The fourth-order valence-electron chi connectivity index (χ4n) is 2.71. The van der Waals surface area contributed by atoms with Crippen molar-refractivity contribution in [1.82, 2.24) is 20.5 Å². The number of nitrogens with zero attached hydrogens (tertiary/aromatic N) is 3. The molecule has 3 N–H and O–H groups in total. The third kappa shape index (κ3) is 4.67. The minimum Gasteiger partial charge on any atom is -0.451 e. The number of nitrogens with one attached hydrogen (secondary N) is 3. The fraction of sp³-hybridized carbons (Fsp3) is 0.143. The van der Waals surface area contributed by atoms with E-state index in [1.165, 1.54) is 0 Å². The first-order valence-electron chi connectivity index (χ1n) is 9.21. The predicted octanol–water partition coefficient (Wildman–Crippen LogP) is 3.51. The molecule has 3 heterocycles. The highest BCUT2D eigenvalue weighted by Gasteiger charge is 2.11. The monoisotopic (exact) mass is 388 g/mol. The number of para-hydroxylation sites is 1. The van der Waals surface area contributed by atoms with Gasteiger partial charge >= 0.3 is 0 Å². The molecule has 3 aromatic heterocycles. The first-order valence-corrected chi connectivity index (χ1v) is 9.21. The molecule has 0 bridgehead atoms. The number of pyridine rings is 1. The van der Waals surface area contributed by atoms with Gasteiger partial charge in [0.2, 0.25) is 0 Å². The molecule has 1 amide bonds. The van der Waals surface area contributed by atoms with E-state index in [2.05, 4.69) is 31.1 Å². The number of benzene rings is 1. The number of rotatable bonds is 7. The van der Waals surface area contributed by atoms with Crippen molar-refractivity contribution >= 4 is 34.3 Å². The number of fused-ring (bicyclic) bond motifs is 1. The summed E-state index contributed by atoms with van der Waals surface area (Å²) >= 11 is 0. The van der Waals surface area contributed by atoms with Crippen LogP contribution in [0.4, 0.5) is 17.5 Å². The number of aromatic nitrogens is 3. The van der Waals surface area contributed by atoms with Crippen LogP contribution in [0.5, 0.6) is 0 Å². The van der Waals surface area contributed by atoms with E-state index in [0.717, 1.165) is 10.9 Å². The quantitative estimate of drug-likeness (QED) is 0.416. The molecule has 0 saturated carbocycles. The van der Waals surface area contributed by atoms with E-state index >= 15 is 0 Å². The lowest BCUT2D eigenvalue weighted by atomic mass is 10.2. The van der Waals surface area contributed by atoms with Crippen LogP contribution in [0.2, 0.25) is 0 Å². The van der Waals surface area contributed by atoms with Crippen molar-refractivity contribution < 1.29 is 9.21 Å². The Bertz CT molecular complexity index is 1070. The van der Waals surface area contributed by atoms with Gasteiger partial charge in [-0.2, -0.15) is 0 Å². The van der Waals surface area contributed by atoms with Crippen molar-refractivity contribution in [2.75, 3.05) is 23.7 Å². The van der Waals surface area contributed by atoms with Gasteiger partial charge in [0.1, 0.15) is 17.2 Å². The molecule has 0 spiro atoms. The standard InChI is InChI=1S/C21H20N6O2/c1-14-6-7-18(24-13-14)25-20-9-8-19(26-27-20)22-10-11-23-21(28)17-12-15-4-2-3-5-16(15)29-17/h2-9,12-13H,10-11H2,1H3,(H,22,26)(H,23,28)(H,24,25,27). The van der Waals surface area contributed by atoms with Crippen molar-refractivity contribution in [3.63, 3.8) is 0 Å². The maximum Gasteiger partial charge on any atom is 0.287 e. The molecule has 0 radical (unpaired) electrons. The van der Waals surface area contributed by atoms with Crippen LogP contribution >= 0.6 is 0 Å². The molecule has 1 aromatic carbocycles. The summed E-state index contributed by atoms with van der Waals surface area (Å²) in [4.78, 5) is 16.5. The highest BCUT2D eigenvalue weighted by molar-refractivity contribution is 5.96. The van der Waals surface area contributed by atoms with Crippen molar-refractivity contribution in [1.29, 1.82) is 0 Å². The van der Waals surface area contributed by atoms with Gasteiger partial charge < -0.3 is 20.4 Å². The molecule has 146 valence electrons. The van der Waals surface area contributed by atoms with E-state index in [-0.39, 0.29) is 5.91 Å². The lowest BCUT2D eigenvalue weighted by Crippen LogP contribution is -2.28. The van der Waals surface area contributed by atoms with Gasteiger partial charge in [0.05, 0.1) is 0 Å². The van der Waals surface area contributed by atoms with Crippen LogP contribution in [0.3, 0.4) is 0 Å². The van der Waals surface area contributed by atoms with Crippen LogP contribution in [0.25, 0.3) is 11.0 Å². The summed E-state index contributed by atoms with van der Waals surface area (Å²) in [5.41, 5.74) is 1.79. The third-order valence-electron chi connectivity index (χ3n) is 4.20. The first kappa shape index (κ1) is 18.4. The normalized spacial score (nSPS) is 10.7. The Morgan fingerprint density at radius 1 is 0.966 bits per heavy atom. The van der Waals surface area contributed by atoms with Gasteiger partial charge in [-0.3, -0.25) is 4.79 Å². The Morgan fingerprint density at radius 2 is 1.76 bits per heavy atom. The summed E-state index contributed by atoms with van der Waals surface area (Å²) in [5, 5.41) is 18.2. The van der Waals surface area contributed by atoms with Crippen LogP contribution in [-0.2, 0) is 0 Å². The molecule has 0 aliphatic rings. The average molecular weight is 388 g/mol. The molecule has 0 saturated heterocycles. The number of carbonyl (C=O) groups excluding carboxylic acids is 1. The zero-order valence-corrected chi connectivity index (χ0v) is 15.8. The van der Waals surface area contributed by atoms with Gasteiger partial charge in [0.25, 0.3) is 5.91 Å². The number of hydrogen-bond acceptors (Lipinski definition) is 7. The number of amides is 1. The molecule has 0 fully saturated rings. The van der Waals surface area contributed by atoms with Crippen LogP contribution in [0, 0.1) is 6.92 Å². The summed E-state index contributed by atoms with van der Waals surface area (Å²) in [5.74, 6) is 1.97. The van der Waals surface area contributed by atoms with E-state index in [1.54, 1.807) is 12.3 Å². The highest BCUT2D eigenvalue weighted by atomic mass is 16.3. The molecule has 0 atom stereocenters. The molecule has 0 unspecified atom stereocenters. The van der Waals surface area contributed by atoms with Crippen LogP contribution in [0.1, 0.15) is 16.1 Å². The zero-order chi connectivity index (χ0) is 20.1. The predicted molar refractivity (Wildman–Crippen MR) is 111 cm³/mol. The summed E-state index contributed by atoms with van der Waals surface area (Å²) in [7, 11) is 0. The summed E-state index contributed by atoms with van der Waals surface area (Å²) in [6.45, 7) is 2.91. The molecule has 0 aliphatic carbocycles. The Balaban J connectivity index is 1.24. The summed E-state index contributed by atoms with van der Waals surface area (Å²) < 4.78 is 5.55. The number of hydrogen-bond donors (Lipinski definition) is 3. The number of carbonyl (C=O) groups is 1. The topological polar surface area (TPSA) is 105 Å². The van der Waals surface area contributed by atoms with Gasteiger partial charge in [-0.25, -0.2) is 4.98 Å². The van der Waals surface area contributed by atoms with Crippen molar-refractivity contribution in [2.45, 2.75) is 6.92 Å².